The van der Waals surface area contributed by atoms with E-state index < -0.39 is 0 Å². The molecule has 3 heteroatoms. The van der Waals surface area contributed by atoms with Crippen LogP contribution in [-0.2, 0) is 6.54 Å². The van der Waals surface area contributed by atoms with Crippen molar-refractivity contribution in [1.82, 2.24) is 10.2 Å². The van der Waals surface area contributed by atoms with Crippen LogP contribution in [0.15, 0.2) is 16.8 Å². The molecule has 1 aromatic rings. The van der Waals surface area contributed by atoms with Gasteiger partial charge >= 0.3 is 0 Å². The molecule has 0 unspecified atom stereocenters. The highest BCUT2D eigenvalue weighted by atomic mass is 32.1. The highest BCUT2D eigenvalue weighted by Crippen LogP contribution is 2.18. The Kier molecular flexibility index (Phi) is 5.01. The summed E-state index contributed by atoms with van der Waals surface area (Å²) in [6.45, 7) is 9.36. The van der Waals surface area contributed by atoms with Gasteiger partial charge in [-0.05, 0) is 54.2 Å². The Labute approximate surface area is 109 Å². The second-order valence-corrected chi connectivity index (χ2v) is 6.22. The molecule has 96 valence electrons. The predicted octanol–water partition coefficient (Wildman–Crippen LogP) is 2.96. The van der Waals surface area contributed by atoms with Gasteiger partial charge in [-0.1, -0.05) is 13.8 Å². The van der Waals surface area contributed by atoms with Crippen molar-refractivity contribution in [2.24, 2.45) is 5.92 Å². The van der Waals surface area contributed by atoms with Crippen LogP contribution in [0.5, 0.6) is 0 Å². The van der Waals surface area contributed by atoms with Crippen LogP contribution in [0.3, 0.4) is 0 Å². The smallest absolute Gasteiger partial charge is 0.0245 e. The fourth-order valence-corrected chi connectivity index (χ4v) is 3.26. The Morgan fingerprint density at radius 1 is 1.41 bits per heavy atom. The van der Waals surface area contributed by atoms with Crippen molar-refractivity contribution in [3.63, 3.8) is 0 Å². The van der Waals surface area contributed by atoms with Gasteiger partial charge in [0.1, 0.15) is 0 Å². The number of hydrogen-bond acceptors (Lipinski definition) is 3. The van der Waals surface area contributed by atoms with E-state index in [-0.39, 0.29) is 0 Å². The van der Waals surface area contributed by atoms with Crippen molar-refractivity contribution in [1.29, 1.82) is 0 Å². The number of rotatable bonds is 5. The van der Waals surface area contributed by atoms with Crippen LogP contribution < -0.4 is 5.32 Å². The average Bonchev–Trinajstić information content (AvgIpc) is 2.82. The third kappa shape index (κ3) is 4.09. The number of nitrogens with one attached hydrogen (secondary N) is 1. The SMILES string of the molecule is CC(C)CN(Cc1ccsc1)C1CCNCC1. The van der Waals surface area contributed by atoms with Gasteiger partial charge in [-0.15, -0.1) is 0 Å². The van der Waals surface area contributed by atoms with Gasteiger partial charge in [0, 0.05) is 19.1 Å². The highest BCUT2D eigenvalue weighted by Gasteiger charge is 2.21. The van der Waals surface area contributed by atoms with Crippen molar-refractivity contribution in [3.05, 3.63) is 22.4 Å². The summed E-state index contributed by atoms with van der Waals surface area (Å²) in [5.41, 5.74) is 1.48. The lowest BCUT2D eigenvalue weighted by atomic mass is 10.0. The number of piperidine rings is 1. The largest absolute Gasteiger partial charge is 0.317 e. The van der Waals surface area contributed by atoms with Crippen LogP contribution in [-0.4, -0.2) is 30.6 Å². The molecule has 0 bridgehead atoms. The first-order chi connectivity index (χ1) is 8.25. The molecule has 0 radical (unpaired) electrons. The van der Waals surface area contributed by atoms with Gasteiger partial charge in [0.2, 0.25) is 0 Å². The van der Waals surface area contributed by atoms with Gasteiger partial charge in [0.25, 0.3) is 0 Å². The van der Waals surface area contributed by atoms with E-state index in [1.165, 1.54) is 38.0 Å². The molecule has 1 aliphatic heterocycles. The summed E-state index contributed by atoms with van der Waals surface area (Å²) >= 11 is 1.81. The van der Waals surface area contributed by atoms with E-state index in [0.717, 1.165) is 18.5 Å². The molecular weight excluding hydrogens is 228 g/mol. The molecule has 1 aromatic heterocycles. The standard InChI is InChI=1S/C14H24N2S/c1-12(2)9-16(10-13-5-8-17-11-13)14-3-6-15-7-4-14/h5,8,11-12,14-15H,3-4,6-7,9-10H2,1-2H3. The number of hydrogen-bond donors (Lipinski definition) is 1. The highest BCUT2D eigenvalue weighted by molar-refractivity contribution is 7.07. The molecule has 17 heavy (non-hydrogen) atoms. The molecule has 1 fully saturated rings. The molecule has 0 aliphatic carbocycles. The third-order valence-corrected chi connectivity index (χ3v) is 4.12. The molecule has 1 saturated heterocycles. The van der Waals surface area contributed by atoms with Gasteiger partial charge in [0.15, 0.2) is 0 Å². The lowest BCUT2D eigenvalue weighted by molar-refractivity contribution is 0.137. The topological polar surface area (TPSA) is 15.3 Å². The van der Waals surface area contributed by atoms with Gasteiger partial charge in [0.05, 0.1) is 0 Å². The lowest BCUT2D eigenvalue weighted by Crippen LogP contribution is -2.44. The van der Waals surface area contributed by atoms with Crippen LogP contribution in [0, 0.1) is 5.92 Å². The van der Waals surface area contributed by atoms with Crippen LogP contribution in [0.4, 0.5) is 0 Å². The van der Waals surface area contributed by atoms with E-state index >= 15 is 0 Å². The number of thiophene rings is 1. The maximum atomic E-state index is 3.46. The maximum absolute atomic E-state index is 3.46. The van der Waals surface area contributed by atoms with Crippen molar-refractivity contribution in [2.75, 3.05) is 19.6 Å². The fraction of sp³-hybridized carbons (Fsp3) is 0.714. The fourth-order valence-electron chi connectivity index (χ4n) is 2.60. The predicted molar refractivity (Wildman–Crippen MR) is 75.5 cm³/mol. The molecule has 0 spiro atoms. The van der Waals surface area contributed by atoms with Gasteiger partial charge < -0.3 is 5.32 Å². The van der Waals surface area contributed by atoms with Gasteiger partial charge in [-0.3, -0.25) is 4.90 Å². The summed E-state index contributed by atoms with van der Waals surface area (Å²) in [7, 11) is 0. The zero-order valence-corrected chi connectivity index (χ0v) is 11.8. The van der Waals surface area contributed by atoms with Crippen LogP contribution in [0.25, 0.3) is 0 Å². The molecule has 0 atom stereocenters. The van der Waals surface area contributed by atoms with Crippen molar-refractivity contribution in [2.45, 2.75) is 39.3 Å². The third-order valence-electron chi connectivity index (χ3n) is 3.39. The molecule has 1 aliphatic rings. The van der Waals surface area contributed by atoms with Crippen LogP contribution in [0.1, 0.15) is 32.3 Å². The zero-order chi connectivity index (χ0) is 12.1. The molecule has 0 saturated carbocycles. The van der Waals surface area contributed by atoms with Crippen molar-refractivity contribution >= 4 is 11.3 Å². The quantitative estimate of drug-likeness (QED) is 0.867. The Morgan fingerprint density at radius 2 is 2.18 bits per heavy atom. The second kappa shape index (κ2) is 6.53. The Bertz CT molecular complexity index is 302. The van der Waals surface area contributed by atoms with Crippen molar-refractivity contribution < 1.29 is 0 Å². The molecule has 2 nitrogen and oxygen atoms in total. The molecule has 2 heterocycles. The molecule has 0 aromatic carbocycles. The molecule has 1 N–H and O–H groups in total. The van der Waals surface area contributed by atoms with E-state index in [1.807, 2.05) is 11.3 Å². The summed E-state index contributed by atoms with van der Waals surface area (Å²) in [5, 5.41) is 7.93. The summed E-state index contributed by atoms with van der Waals surface area (Å²) in [6.07, 6.45) is 2.60. The Morgan fingerprint density at radius 3 is 2.76 bits per heavy atom. The molecule has 2 rings (SSSR count). The minimum absolute atomic E-state index is 0.753. The van der Waals surface area contributed by atoms with Gasteiger partial charge in [-0.25, -0.2) is 0 Å². The van der Waals surface area contributed by atoms with Crippen LogP contribution in [0.2, 0.25) is 0 Å². The van der Waals surface area contributed by atoms with E-state index in [4.69, 9.17) is 0 Å². The van der Waals surface area contributed by atoms with E-state index in [2.05, 4.69) is 40.9 Å². The summed E-state index contributed by atoms with van der Waals surface area (Å²) in [6, 6.07) is 3.04. The zero-order valence-electron chi connectivity index (χ0n) is 11.0. The maximum Gasteiger partial charge on any atom is 0.0245 e. The Hall–Kier alpha value is -0.380. The minimum Gasteiger partial charge on any atom is -0.317 e. The molecule has 0 amide bonds. The normalized spacial score (nSPS) is 18.1. The monoisotopic (exact) mass is 252 g/mol. The molecular formula is C14H24N2S. The average molecular weight is 252 g/mol. The second-order valence-electron chi connectivity index (χ2n) is 5.44. The first-order valence-corrected chi connectivity index (χ1v) is 7.66. The van der Waals surface area contributed by atoms with Gasteiger partial charge in [-0.2, -0.15) is 11.3 Å². The summed E-state index contributed by atoms with van der Waals surface area (Å²) in [5.74, 6) is 0.753. The van der Waals surface area contributed by atoms with E-state index in [9.17, 15) is 0 Å². The van der Waals surface area contributed by atoms with E-state index in [0.29, 0.717) is 0 Å². The first kappa shape index (κ1) is 13.1. The first-order valence-electron chi connectivity index (χ1n) is 6.71. The summed E-state index contributed by atoms with van der Waals surface area (Å²) < 4.78 is 0. The van der Waals surface area contributed by atoms with E-state index in [1.54, 1.807) is 0 Å². The Balaban J connectivity index is 1.96. The lowest BCUT2D eigenvalue weighted by Gasteiger charge is -2.35. The minimum atomic E-state index is 0.753. The van der Waals surface area contributed by atoms with Crippen molar-refractivity contribution in [3.8, 4) is 0 Å². The summed E-state index contributed by atoms with van der Waals surface area (Å²) in [4.78, 5) is 2.69. The number of nitrogens with zero attached hydrogens (tertiary/aromatic N) is 1. The van der Waals surface area contributed by atoms with Crippen LogP contribution >= 0.6 is 11.3 Å².